The number of nitrogens with one attached hydrogen (secondary N) is 1. The van der Waals surface area contributed by atoms with Gasteiger partial charge in [-0.3, -0.25) is 0 Å². The minimum atomic E-state index is -3.72. The number of hydrogen-bond acceptors (Lipinski definition) is 4. The van der Waals surface area contributed by atoms with Gasteiger partial charge >= 0.3 is 0 Å². The first-order valence-electron chi connectivity index (χ1n) is 6.81. The highest BCUT2D eigenvalue weighted by Crippen LogP contribution is 2.33. The van der Waals surface area contributed by atoms with Crippen molar-refractivity contribution in [1.29, 1.82) is 0 Å². The Morgan fingerprint density at radius 3 is 2.91 bits per heavy atom. The molecule has 0 amide bonds. The molecule has 1 N–H and O–H groups in total. The van der Waals surface area contributed by atoms with Crippen molar-refractivity contribution in [3.8, 4) is 5.88 Å². The maximum atomic E-state index is 12.7. The summed E-state index contributed by atoms with van der Waals surface area (Å²) in [6.45, 7) is 0. The standard InChI is InChI=1S/C15H15BrN2O3S/c1-21-15-14(8-11(16)9-17-15)22(19,20)18-13-7-6-10-4-2-3-5-12(10)13/h2-5,8-9,13,18H,6-7H2,1H3. The first kappa shape index (κ1) is 15.5. The Kier molecular flexibility index (Phi) is 4.20. The number of methoxy groups -OCH3 is 1. The summed E-state index contributed by atoms with van der Waals surface area (Å²) in [7, 11) is -2.32. The molecule has 0 radical (unpaired) electrons. The van der Waals surface area contributed by atoms with E-state index in [1.165, 1.54) is 24.9 Å². The van der Waals surface area contributed by atoms with Gasteiger partial charge in [-0.25, -0.2) is 18.1 Å². The Balaban J connectivity index is 1.94. The Hall–Kier alpha value is -1.44. The fourth-order valence-electron chi connectivity index (χ4n) is 2.68. The van der Waals surface area contributed by atoms with Crippen LogP contribution in [0.2, 0.25) is 0 Å². The molecule has 1 aliphatic rings. The number of sulfonamides is 1. The van der Waals surface area contributed by atoms with Gasteiger partial charge in [0, 0.05) is 16.7 Å². The number of ether oxygens (including phenoxy) is 1. The lowest BCUT2D eigenvalue weighted by Crippen LogP contribution is -2.28. The van der Waals surface area contributed by atoms with Crippen molar-refractivity contribution in [2.24, 2.45) is 0 Å². The van der Waals surface area contributed by atoms with Gasteiger partial charge < -0.3 is 4.74 Å². The summed E-state index contributed by atoms with van der Waals surface area (Å²) in [4.78, 5) is 4.03. The molecule has 0 saturated carbocycles. The van der Waals surface area contributed by atoms with Gasteiger partial charge in [0.1, 0.15) is 4.90 Å². The van der Waals surface area contributed by atoms with E-state index in [0.717, 1.165) is 18.4 Å². The first-order chi connectivity index (χ1) is 10.5. The minimum Gasteiger partial charge on any atom is -0.480 e. The highest BCUT2D eigenvalue weighted by Gasteiger charge is 2.29. The second-order valence-corrected chi connectivity index (χ2v) is 7.67. The van der Waals surface area contributed by atoms with Crippen LogP contribution in [0.25, 0.3) is 0 Å². The summed E-state index contributed by atoms with van der Waals surface area (Å²) >= 11 is 3.25. The van der Waals surface area contributed by atoms with Crippen LogP contribution in [0, 0.1) is 0 Å². The number of halogens is 1. The number of benzene rings is 1. The molecule has 1 heterocycles. The van der Waals surface area contributed by atoms with Crippen molar-refractivity contribution < 1.29 is 13.2 Å². The molecule has 0 spiro atoms. The summed E-state index contributed by atoms with van der Waals surface area (Å²) in [5, 5.41) is 0. The van der Waals surface area contributed by atoms with E-state index in [1.54, 1.807) is 0 Å². The van der Waals surface area contributed by atoms with E-state index in [-0.39, 0.29) is 16.8 Å². The molecule has 1 unspecified atom stereocenters. The predicted octanol–water partition coefficient (Wildman–Crippen LogP) is 2.82. The highest BCUT2D eigenvalue weighted by molar-refractivity contribution is 9.10. The zero-order chi connectivity index (χ0) is 15.7. The summed E-state index contributed by atoms with van der Waals surface area (Å²) in [6, 6.07) is 9.17. The summed E-state index contributed by atoms with van der Waals surface area (Å²) in [5.74, 6) is 0.0852. The van der Waals surface area contributed by atoms with Crippen molar-refractivity contribution in [3.05, 3.63) is 52.1 Å². The van der Waals surface area contributed by atoms with Crippen LogP contribution in [-0.2, 0) is 16.4 Å². The Morgan fingerprint density at radius 2 is 2.14 bits per heavy atom. The third kappa shape index (κ3) is 2.88. The summed E-state index contributed by atoms with van der Waals surface area (Å²) < 4.78 is 33.8. The van der Waals surface area contributed by atoms with Gasteiger partial charge in [0.05, 0.1) is 7.11 Å². The van der Waals surface area contributed by atoms with Crippen molar-refractivity contribution in [2.45, 2.75) is 23.8 Å². The maximum Gasteiger partial charge on any atom is 0.246 e. The third-order valence-electron chi connectivity index (χ3n) is 3.70. The number of hydrogen-bond donors (Lipinski definition) is 1. The lowest BCUT2D eigenvalue weighted by molar-refractivity contribution is 0.384. The van der Waals surface area contributed by atoms with Gasteiger partial charge in [0.15, 0.2) is 0 Å². The van der Waals surface area contributed by atoms with Crippen LogP contribution in [0.15, 0.2) is 45.9 Å². The SMILES string of the molecule is COc1ncc(Br)cc1S(=O)(=O)NC1CCc2ccccc21. The van der Waals surface area contributed by atoms with E-state index in [2.05, 4.69) is 25.6 Å². The molecule has 7 heteroatoms. The van der Waals surface area contributed by atoms with E-state index < -0.39 is 10.0 Å². The van der Waals surface area contributed by atoms with E-state index in [0.29, 0.717) is 4.47 Å². The monoisotopic (exact) mass is 382 g/mol. The smallest absolute Gasteiger partial charge is 0.246 e. The summed E-state index contributed by atoms with van der Waals surface area (Å²) in [6.07, 6.45) is 3.13. The van der Waals surface area contributed by atoms with Gasteiger partial charge in [-0.2, -0.15) is 0 Å². The van der Waals surface area contributed by atoms with Crippen LogP contribution < -0.4 is 9.46 Å². The molecule has 116 valence electrons. The largest absolute Gasteiger partial charge is 0.480 e. The number of rotatable bonds is 4. The molecule has 1 aromatic heterocycles. The maximum absolute atomic E-state index is 12.7. The van der Waals surface area contributed by atoms with Crippen LogP contribution in [0.5, 0.6) is 5.88 Å². The van der Waals surface area contributed by atoms with E-state index in [9.17, 15) is 8.42 Å². The zero-order valence-corrected chi connectivity index (χ0v) is 14.3. The number of aryl methyl sites for hydroxylation is 1. The van der Waals surface area contributed by atoms with Crippen molar-refractivity contribution in [1.82, 2.24) is 9.71 Å². The fourth-order valence-corrected chi connectivity index (χ4v) is 4.56. The average Bonchev–Trinajstić information content (AvgIpc) is 2.90. The number of nitrogens with zero attached hydrogens (tertiary/aromatic N) is 1. The van der Waals surface area contributed by atoms with Crippen LogP contribution >= 0.6 is 15.9 Å². The normalized spacial score (nSPS) is 17.3. The first-order valence-corrected chi connectivity index (χ1v) is 9.08. The summed E-state index contributed by atoms with van der Waals surface area (Å²) in [5.41, 5.74) is 2.22. The molecule has 3 rings (SSSR count). The number of aromatic nitrogens is 1. The molecule has 2 aromatic rings. The second-order valence-electron chi connectivity index (χ2n) is 5.07. The Morgan fingerprint density at radius 1 is 1.36 bits per heavy atom. The highest BCUT2D eigenvalue weighted by atomic mass is 79.9. The molecule has 0 aliphatic heterocycles. The van der Waals surface area contributed by atoms with Crippen LogP contribution in [-0.4, -0.2) is 20.5 Å². The zero-order valence-electron chi connectivity index (χ0n) is 11.9. The van der Waals surface area contributed by atoms with E-state index in [4.69, 9.17) is 4.74 Å². The molecule has 1 aromatic carbocycles. The van der Waals surface area contributed by atoms with Crippen molar-refractivity contribution in [2.75, 3.05) is 7.11 Å². The average molecular weight is 383 g/mol. The second kappa shape index (κ2) is 5.98. The molecule has 1 atom stereocenters. The molecular weight excluding hydrogens is 368 g/mol. The van der Waals surface area contributed by atoms with E-state index >= 15 is 0 Å². The molecule has 0 saturated heterocycles. The van der Waals surface area contributed by atoms with Crippen molar-refractivity contribution in [3.63, 3.8) is 0 Å². The van der Waals surface area contributed by atoms with Gasteiger partial charge in [-0.1, -0.05) is 24.3 Å². The quantitative estimate of drug-likeness (QED) is 0.882. The molecule has 22 heavy (non-hydrogen) atoms. The van der Waals surface area contributed by atoms with Crippen LogP contribution in [0.1, 0.15) is 23.6 Å². The number of fused-ring (bicyclic) bond motifs is 1. The number of pyridine rings is 1. The Labute approximate surface area is 137 Å². The van der Waals surface area contributed by atoms with Gasteiger partial charge in [0.25, 0.3) is 0 Å². The lowest BCUT2D eigenvalue weighted by Gasteiger charge is -2.15. The van der Waals surface area contributed by atoms with Crippen LogP contribution in [0.3, 0.4) is 0 Å². The van der Waals surface area contributed by atoms with E-state index in [1.807, 2.05) is 24.3 Å². The topological polar surface area (TPSA) is 68.3 Å². The Bertz CT molecular complexity index is 808. The molecule has 0 bridgehead atoms. The van der Waals surface area contributed by atoms with Gasteiger partial charge in [0.2, 0.25) is 15.9 Å². The minimum absolute atomic E-state index is 0.0359. The molecule has 5 nitrogen and oxygen atoms in total. The fraction of sp³-hybridized carbons (Fsp3) is 0.267. The van der Waals surface area contributed by atoms with Crippen LogP contribution in [0.4, 0.5) is 0 Å². The third-order valence-corrected chi connectivity index (χ3v) is 5.60. The van der Waals surface area contributed by atoms with Gasteiger partial charge in [-0.05, 0) is 46.0 Å². The van der Waals surface area contributed by atoms with Crippen molar-refractivity contribution >= 4 is 26.0 Å². The molecular formula is C15H15BrN2O3S. The molecule has 1 aliphatic carbocycles. The van der Waals surface area contributed by atoms with Gasteiger partial charge in [-0.15, -0.1) is 0 Å². The lowest BCUT2D eigenvalue weighted by atomic mass is 10.1. The molecule has 0 fully saturated rings. The predicted molar refractivity (Wildman–Crippen MR) is 86.3 cm³/mol.